The van der Waals surface area contributed by atoms with Crippen molar-refractivity contribution in [2.45, 2.75) is 19.5 Å². The lowest BCUT2D eigenvalue weighted by Crippen LogP contribution is -2.49. The molecule has 1 aromatic heterocycles. The van der Waals surface area contributed by atoms with Gasteiger partial charge in [0.1, 0.15) is 5.84 Å². The second-order valence-corrected chi connectivity index (χ2v) is 9.37. The average molecular weight is 570 g/mol. The number of likely N-dealkylation sites (N-methyl/N-ethyl adjacent to an activating group) is 1. The summed E-state index contributed by atoms with van der Waals surface area (Å²) in [5.41, 5.74) is -0.330. The lowest BCUT2D eigenvalue weighted by molar-refractivity contribution is -0.138. The number of hydrogen-bond donors (Lipinski definition) is 3. The molecular formula is C28H30F3N7O3. The molecule has 0 aliphatic carbocycles. The van der Waals surface area contributed by atoms with E-state index in [4.69, 9.17) is 0 Å². The van der Waals surface area contributed by atoms with Crippen LogP contribution in [0.4, 0.5) is 13.2 Å². The summed E-state index contributed by atoms with van der Waals surface area (Å²) >= 11 is 0. The number of alkyl halides is 3. The average Bonchev–Trinajstić information content (AvgIpc) is 2.97. The van der Waals surface area contributed by atoms with E-state index >= 15 is 0 Å². The van der Waals surface area contributed by atoms with Gasteiger partial charge in [-0.15, -0.1) is 0 Å². The van der Waals surface area contributed by atoms with E-state index in [1.54, 1.807) is 44.3 Å². The molecule has 1 aliphatic rings. The molecule has 1 fully saturated rings. The van der Waals surface area contributed by atoms with Crippen LogP contribution in [0.25, 0.3) is 10.8 Å². The number of piperazine rings is 1. The van der Waals surface area contributed by atoms with E-state index < -0.39 is 23.2 Å². The number of benzene rings is 2. The summed E-state index contributed by atoms with van der Waals surface area (Å²) in [5.74, 6) is -0.224. The summed E-state index contributed by atoms with van der Waals surface area (Å²) < 4.78 is 41.8. The van der Waals surface area contributed by atoms with Crippen molar-refractivity contribution in [1.82, 2.24) is 30.6 Å². The molecule has 3 aromatic rings. The third-order valence-corrected chi connectivity index (χ3v) is 6.85. The van der Waals surface area contributed by atoms with Crippen molar-refractivity contribution in [2.75, 3.05) is 39.9 Å². The highest BCUT2D eigenvalue weighted by Gasteiger charge is 2.37. The van der Waals surface area contributed by atoms with Gasteiger partial charge >= 0.3 is 6.18 Å². The first-order chi connectivity index (χ1) is 19.7. The number of H-pyrrole nitrogens is 1. The number of carbonyl (C=O) groups excluding carboxylic acids is 2. The fourth-order valence-electron chi connectivity index (χ4n) is 4.71. The number of aromatic nitrogens is 2. The highest BCUT2D eigenvalue weighted by molar-refractivity contribution is 5.99. The molecule has 1 aliphatic heterocycles. The number of carbonyl (C=O) groups is 2. The molecule has 2 heterocycles. The Kier molecular flexibility index (Phi) is 9.17. The van der Waals surface area contributed by atoms with E-state index in [2.05, 4.69) is 25.8 Å². The lowest BCUT2D eigenvalue weighted by atomic mass is 9.98. The minimum atomic E-state index is -4.72. The Morgan fingerprint density at radius 3 is 2.46 bits per heavy atom. The summed E-state index contributed by atoms with van der Waals surface area (Å²) in [6.07, 6.45) is -2.34. The zero-order chi connectivity index (χ0) is 29.6. The van der Waals surface area contributed by atoms with Crippen LogP contribution >= 0.6 is 0 Å². The molecule has 41 heavy (non-hydrogen) atoms. The molecule has 1 saturated heterocycles. The molecule has 2 aromatic carbocycles. The number of amidine groups is 1. The van der Waals surface area contributed by atoms with Crippen molar-refractivity contribution < 1.29 is 22.8 Å². The van der Waals surface area contributed by atoms with Crippen LogP contribution in [0.15, 0.2) is 64.0 Å². The number of aliphatic imine (C=N–C) groups is 1. The van der Waals surface area contributed by atoms with Crippen LogP contribution in [-0.2, 0) is 17.4 Å². The van der Waals surface area contributed by atoms with E-state index in [1.165, 1.54) is 17.0 Å². The highest BCUT2D eigenvalue weighted by Crippen LogP contribution is 2.34. The number of aromatic amines is 1. The van der Waals surface area contributed by atoms with Gasteiger partial charge in [0.15, 0.2) is 0 Å². The van der Waals surface area contributed by atoms with E-state index in [0.29, 0.717) is 53.1 Å². The van der Waals surface area contributed by atoms with Gasteiger partial charge in [-0.25, -0.2) is 5.10 Å². The van der Waals surface area contributed by atoms with Crippen LogP contribution in [0.2, 0.25) is 0 Å². The van der Waals surface area contributed by atoms with Crippen LogP contribution in [-0.4, -0.2) is 78.0 Å². The van der Waals surface area contributed by atoms with E-state index in [0.717, 1.165) is 6.07 Å². The fourth-order valence-corrected chi connectivity index (χ4v) is 4.71. The standard InChI is InChI=1S/C28H30F3N7O3/c1-3-23(34-17-39)25(32-2)33-16-37-10-12-38(13-11-37)27(41)21-14-18(8-9-22(21)28(29,30)31)15-24-19-6-4-5-7-20(19)26(40)36-35-24/h3-9,14,17H,10-13,15-16H2,1-2H3,(H,32,33)(H,34,39)(H,36,40)/b23-3+. The summed E-state index contributed by atoms with van der Waals surface area (Å²) in [4.78, 5) is 44.2. The van der Waals surface area contributed by atoms with Crippen LogP contribution in [0.1, 0.15) is 34.1 Å². The lowest BCUT2D eigenvalue weighted by Gasteiger charge is -2.34. The normalized spacial score (nSPS) is 15.2. The minimum Gasteiger partial charge on any atom is -0.372 e. The SMILES string of the molecule is C/C=C(NC=O)\C(=N/CN1CCN(C(=O)c2cc(Cc3n[nH]c(=O)c4ccccc34)ccc2C(F)(F)F)CC1)NC. The van der Waals surface area contributed by atoms with Crippen LogP contribution < -0.4 is 16.2 Å². The number of rotatable bonds is 8. The van der Waals surface area contributed by atoms with Crippen LogP contribution in [0.5, 0.6) is 0 Å². The monoisotopic (exact) mass is 569 g/mol. The van der Waals surface area contributed by atoms with Crippen molar-refractivity contribution in [1.29, 1.82) is 0 Å². The maximum absolute atomic E-state index is 13.9. The second-order valence-electron chi connectivity index (χ2n) is 9.37. The molecule has 3 N–H and O–H groups in total. The molecule has 216 valence electrons. The van der Waals surface area contributed by atoms with Crippen molar-refractivity contribution in [3.8, 4) is 0 Å². The molecule has 4 rings (SSSR count). The number of nitrogens with zero attached hydrogens (tertiary/aromatic N) is 4. The molecule has 0 spiro atoms. The van der Waals surface area contributed by atoms with Gasteiger partial charge in [0.05, 0.1) is 34.6 Å². The number of fused-ring (bicyclic) bond motifs is 1. The number of allylic oxidation sites excluding steroid dienone is 1. The molecular weight excluding hydrogens is 539 g/mol. The molecule has 0 saturated carbocycles. The van der Waals surface area contributed by atoms with E-state index in [9.17, 15) is 27.6 Å². The summed E-state index contributed by atoms with van der Waals surface area (Å²) in [6.45, 7) is 3.30. The molecule has 13 heteroatoms. The molecule has 0 unspecified atom stereocenters. The third kappa shape index (κ3) is 6.80. The number of amides is 2. The van der Waals surface area contributed by atoms with Gasteiger partial charge in [0, 0.05) is 45.0 Å². The Morgan fingerprint density at radius 1 is 1.12 bits per heavy atom. The Hall–Kier alpha value is -4.52. The summed E-state index contributed by atoms with van der Waals surface area (Å²) in [7, 11) is 1.67. The van der Waals surface area contributed by atoms with Crippen LogP contribution in [0.3, 0.4) is 0 Å². The van der Waals surface area contributed by atoms with Gasteiger partial charge in [-0.3, -0.25) is 24.3 Å². The minimum absolute atomic E-state index is 0.127. The quantitative estimate of drug-likeness (QED) is 0.218. The number of halogens is 3. The second kappa shape index (κ2) is 12.8. The zero-order valence-electron chi connectivity index (χ0n) is 22.6. The Morgan fingerprint density at radius 2 is 1.83 bits per heavy atom. The first-order valence-corrected chi connectivity index (χ1v) is 12.9. The molecule has 2 amide bonds. The van der Waals surface area contributed by atoms with Gasteiger partial charge in [0.25, 0.3) is 11.5 Å². The summed E-state index contributed by atoms with van der Waals surface area (Å²) in [6, 6.07) is 10.4. The smallest absolute Gasteiger partial charge is 0.372 e. The third-order valence-electron chi connectivity index (χ3n) is 6.85. The van der Waals surface area contributed by atoms with E-state index in [-0.39, 0.29) is 31.7 Å². The van der Waals surface area contributed by atoms with Crippen molar-refractivity contribution >= 4 is 28.9 Å². The number of hydrogen-bond acceptors (Lipinski definition) is 6. The number of nitrogens with one attached hydrogen (secondary N) is 3. The maximum Gasteiger partial charge on any atom is 0.417 e. The molecule has 10 nitrogen and oxygen atoms in total. The van der Waals surface area contributed by atoms with Gasteiger partial charge in [-0.2, -0.15) is 18.3 Å². The predicted octanol–water partition coefficient (Wildman–Crippen LogP) is 2.52. The van der Waals surface area contributed by atoms with Crippen molar-refractivity contribution in [3.05, 3.63) is 87.0 Å². The van der Waals surface area contributed by atoms with Crippen molar-refractivity contribution in [2.24, 2.45) is 4.99 Å². The highest BCUT2D eigenvalue weighted by atomic mass is 19.4. The van der Waals surface area contributed by atoms with Gasteiger partial charge in [-0.05, 0) is 30.7 Å². The van der Waals surface area contributed by atoms with E-state index in [1.807, 2.05) is 4.90 Å². The van der Waals surface area contributed by atoms with Crippen LogP contribution in [0, 0.1) is 0 Å². The van der Waals surface area contributed by atoms with Gasteiger partial charge < -0.3 is 15.5 Å². The largest absolute Gasteiger partial charge is 0.417 e. The van der Waals surface area contributed by atoms with Gasteiger partial charge in [0.2, 0.25) is 6.41 Å². The maximum atomic E-state index is 13.9. The zero-order valence-corrected chi connectivity index (χ0v) is 22.6. The molecule has 0 bridgehead atoms. The summed E-state index contributed by atoms with van der Waals surface area (Å²) in [5, 5.41) is 13.0. The topological polar surface area (TPSA) is 123 Å². The fraction of sp³-hybridized carbons (Fsp3) is 0.321. The predicted molar refractivity (Wildman–Crippen MR) is 148 cm³/mol. The Labute approximate surface area is 233 Å². The molecule has 0 radical (unpaired) electrons. The van der Waals surface area contributed by atoms with Gasteiger partial charge in [-0.1, -0.05) is 30.3 Å². The Bertz CT molecular complexity index is 1540. The molecule has 0 atom stereocenters. The first kappa shape index (κ1) is 29.5. The Balaban J connectivity index is 1.52. The first-order valence-electron chi connectivity index (χ1n) is 12.9. The van der Waals surface area contributed by atoms with Crippen molar-refractivity contribution in [3.63, 3.8) is 0 Å².